The molecule has 5 heteroatoms. The van der Waals surface area contributed by atoms with Gasteiger partial charge in [0, 0.05) is 0 Å². The van der Waals surface area contributed by atoms with Gasteiger partial charge in [0.15, 0.2) is 5.54 Å². The van der Waals surface area contributed by atoms with Crippen molar-refractivity contribution in [2.45, 2.75) is 39.2 Å². The van der Waals surface area contributed by atoms with Crippen LogP contribution in [-0.2, 0) is 10.3 Å². The molecule has 1 aromatic rings. The van der Waals surface area contributed by atoms with Crippen LogP contribution in [0.3, 0.4) is 0 Å². The highest BCUT2D eigenvalue weighted by Gasteiger charge is 2.50. The third-order valence-electron chi connectivity index (χ3n) is 3.12. The van der Waals surface area contributed by atoms with Gasteiger partial charge in [0.25, 0.3) is 0 Å². The molecule has 1 N–H and O–H groups in total. The fourth-order valence-corrected chi connectivity index (χ4v) is 2.04. The van der Waals surface area contributed by atoms with Crippen LogP contribution in [0.1, 0.15) is 31.4 Å². The van der Waals surface area contributed by atoms with Gasteiger partial charge in [-0.15, -0.1) is 0 Å². The van der Waals surface area contributed by atoms with Crippen LogP contribution in [0, 0.1) is 19.8 Å². The second-order valence-corrected chi connectivity index (χ2v) is 4.34. The first kappa shape index (κ1) is 10.1. The van der Waals surface area contributed by atoms with E-state index < -0.39 is 11.5 Å². The van der Waals surface area contributed by atoms with Gasteiger partial charge in [-0.3, -0.25) is 0 Å². The molecule has 0 aromatic carbocycles. The number of aliphatic carboxylic acids is 1. The lowest BCUT2D eigenvalue weighted by Gasteiger charge is -2.25. The number of rotatable bonds is 3. The summed E-state index contributed by atoms with van der Waals surface area (Å²) in [6.45, 7) is 5.30. The van der Waals surface area contributed by atoms with E-state index >= 15 is 0 Å². The molecule has 1 atom stereocenters. The molecule has 0 bridgehead atoms. The second-order valence-electron chi connectivity index (χ2n) is 4.34. The molecule has 0 spiro atoms. The lowest BCUT2D eigenvalue weighted by Crippen LogP contribution is -2.42. The Kier molecular flexibility index (Phi) is 2.06. The fourth-order valence-electron chi connectivity index (χ4n) is 2.04. The third kappa shape index (κ3) is 1.42. The Morgan fingerprint density at radius 1 is 1.53 bits per heavy atom. The molecule has 1 aromatic heterocycles. The minimum absolute atomic E-state index is 0.190. The largest absolute Gasteiger partial charge is 0.479 e. The van der Waals surface area contributed by atoms with Crippen LogP contribution in [0.5, 0.6) is 0 Å². The monoisotopic (exact) mass is 209 g/mol. The fraction of sp³-hybridized carbons (Fsp3) is 0.700. The summed E-state index contributed by atoms with van der Waals surface area (Å²) in [6.07, 6.45) is 1.92. The molecular weight excluding hydrogens is 194 g/mol. The van der Waals surface area contributed by atoms with Crippen LogP contribution in [0.15, 0.2) is 0 Å². The standard InChI is InChI=1S/C10H15N3O2/c1-6-11-7(2)13(12-6)10(3,9(14)15)8-4-5-8/h8H,4-5H2,1-3H3,(H,14,15). The lowest BCUT2D eigenvalue weighted by molar-refractivity contribution is -0.148. The Labute approximate surface area is 88.1 Å². The predicted octanol–water partition coefficient (Wildman–Crippen LogP) is 1.10. The van der Waals surface area contributed by atoms with E-state index in [0.717, 1.165) is 12.8 Å². The highest BCUT2D eigenvalue weighted by Crippen LogP contribution is 2.44. The van der Waals surface area contributed by atoms with Gasteiger partial charge < -0.3 is 5.11 Å². The molecular formula is C10H15N3O2. The van der Waals surface area contributed by atoms with Crippen molar-refractivity contribution in [3.8, 4) is 0 Å². The molecule has 82 valence electrons. The number of carboxylic acid groups (broad SMARTS) is 1. The normalized spacial score (nSPS) is 19.9. The Morgan fingerprint density at radius 2 is 2.13 bits per heavy atom. The number of hydrogen-bond donors (Lipinski definition) is 1. The van der Waals surface area contributed by atoms with Crippen molar-refractivity contribution in [2.75, 3.05) is 0 Å². The molecule has 1 aliphatic rings. The summed E-state index contributed by atoms with van der Waals surface area (Å²) >= 11 is 0. The van der Waals surface area contributed by atoms with Gasteiger partial charge in [-0.2, -0.15) is 5.10 Å². The van der Waals surface area contributed by atoms with Crippen molar-refractivity contribution in [3.05, 3.63) is 11.6 Å². The van der Waals surface area contributed by atoms with Crippen LogP contribution < -0.4 is 0 Å². The summed E-state index contributed by atoms with van der Waals surface area (Å²) in [5.41, 5.74) is -0.925. The van der Waals surface area contributed by atoms with Gasteiger partial charge in [-0.05, 0) is 39.5 Å². The van der Waals surface area contributed by atoms with E-state index in [2.05, 4.69) is 10.1 Å². The van der Waals surface area contributed by atoms with Gasteiger partial charge in [-0.25, -0.2) is 14.5 Å². The number of nitrogens with zero attached hydrogens (tertiary/aromatic N) is 3. The molecule has 0 amide bonds. The minimum Gasteiger partial charge on any atom is -0.479 e. The first-order chi connectivity index (χ1) is 6.96. The number of carboxylic acids is 1. The van der Waals surface area contributed by atoms with Crippen LogP contribution in [0.25, 0.3) is 0 Å². The molecule has 1 fully saturated rings. The molecule has 5 nitrogen and oxygen atoms in total. The SMILES string of the molecule is Cc1nc(C)n(C(C)(C(=O)O)C2CC2)n1. The maximum atomic E-state index is 11.4. The zero-order valence-electron chi connectivity index (χ0n) is 9.19. The van der Waals surface area contributed by atoms with E-state index in [-0.39, 0.29) is 5.92 Å². The average molecular weight is 209 g/mol. The van der Waals surface area contributed by atoms with E-state index in [9.17, 15) is 9.90 Å². The summed E-state index contributed by atoms with van der Waals surface area (Å²) in [5, 5.41) is 13.5. The van der Waals surface area contributed by atoms with E-state index in [0.29, 0.717) is 11.6 Å². The van der Waals surface area contributed by atoms with Gasteiger partial charge in [-0.1, -0.05) is 0 Å². The Hall–Kier alpha value is -1.39. The van der Waals surface area contributed by atoms with E-state index in [1.807, 2.05) is 0 Å². The average Bonchev–Trinajstić information content (AvgIpc) is 2.91. The Balaban J connectivity index is 2.49. The first-order valence-electron chi connectivity index (χ1n) is 5.10. The number of aromatic nitrogens is 3. The highest BCUT2D eigenvalue weighted by atomic mass is 16.4. The van der Waals surface area contributed by atoms with Crippen LogP contribution >= 0.6 is 0 Å². The van der Waals surface area contributed by atoms with Gasteiger partial charge in [0.2, 0.25) is 0 Å². The summed E-state index contributed by atoms with van der Waals surface area (Å²) in [5.74, 6) is 0.665. The van der Waals surface area contributed by atoms with Crippen molar-refractivity contribution in [1.82, 2.24) is 14.8 Å². The van der Waals surface area contributed by atoms with Crippen LogP contribution in [-0.4, -0.2) is 25.8 Å². The predicted molar refractivity (Wildman–Crippen MR) is 53.5 cm³/mol. The van der Waals surface area contributed by atoms with Crippen molar-refractivity contribution < 1.29 is 9.90 Å². The third-order valence-corrected chi connectivity index (χ3v) is 3.12. The Bertz CT molecular complexity index is 409. The highest BCUT2D eigenvalue weighted by molar-refractivity contribution is 5.77. The lowest BCUT2D eigenvalue weighted by atomic mass is 9.96. The van der Waals surface area contributed by atoms with Gasteiger partial charge >= 0.3 is 5.97 Å². The number of hydrogen-bond acceptors (Lipinski definition) is 3. The molecule has 15 heavy (non-hydrogen) atoms. The van der Waals surface area contributed by atoms with Crippen molar-refractivity contribution in [3.63, 3.8) is 0 Å². The molecule has 1 aliphatic carbocycles. The van der Waals surface area contributed by atoms with Crippen LogP contribution in [0.2, 0.25) is 0 Å². The smallest absolute Gasteiger partial charge is 0.331 e. The minimum atomic E-state index is -0.925. The zero-order chi connectivity index (χ0) is 11.2. The quantitative estimate of drug-likeness (QED) is 0.809. The summed E-state index contributed by atoms with van der Waals surface area (Å²) in [6, 6.07) is 0. The van der Waals surface area contributed by atoms with Crippen molar-refractivity contribution in [1.29, 1.82) is 0 Å². The van der Waals surface area contributed by atoms with Gasteiger partial charge in [0.1, 0.15) is 11.6 Å². The maximum Gasteiger partial charge on any atom is 0.331 e. The first-order valence-corrected chi connectivity index (χ1v) is 5.10. The summed E-state index contributed by atoms with van der Waals surface area (Å²) < 4.78 is 1.56. The summed E-state index contributed by atoms with van der Waals surface area (Å²) in [7, 11) is 0. The number of aryl methyl sites for hydroxylation is 2. The van der Waals surface area contributed by atoms with E-state index in [1.54, 1.807) is 25.5 Å². The Morgan fingerprint density at radius 3 is 2.47 bits per heavy atom. The maximum absolute atomic E-state index is 11.4. The van der Waals surface area contributed by atoms with Gasteiger partial charge in [0.05, 0.1) is 0 Å². The van der Waals surface area contributed by atoms with Crippen LogP contribution in [0.4, 0.5) is 0 Å². The second kappa shape index (κ2) is 3.05. The molecule has 1 heterocycles. The number of carbonyl (C=O) groups is 1. The molecule has 0 aliphatic heterocycles. The molecule has 1 unspecified atom stereocenters. The van der Waals surface area contributed by atoms with E-state index in [4.69, 9.17) is 0 Å². The van der Waals surface area contributed by atoms with Crippen molar-refractivity contribution >= 4 is 5.97 Å². The zero-order valence-corrected chi connectivity index (χ0v) is 9.19. The van der Waals surface area contributed by atoms with E-state index in [1.165, 1.54) is 0 Å². The topological polar surface area (TPSA) is 68.0 Å². The summed E-state index contributed by atoms with van der Waals surface area (Å²) in [4.78, 5) is 15.5. The molecule has 2 rings (SSSR count). The molecule has 0 saturated heterocycles. The van der Waals surface area contributed by atoms with Crippen molar-refractivity contribution in [2.24, 2.45) is 5.92 Å². The molecule has 0 radical (unpaired) electrons. The molecule has 1 saturated carbocycles.